The molecule has 2 aromatic carbocycles. The van der Waals surface area contributed by atoms with E-state index in [1.807, 2.05) is 26.8 Å². The Kier molecular flexibility index (Phi) is 8.77. The lowest BCUT2D eigenvalue weighted by molar-refractivity contribution is -0.123. The highest BCUT2D eigenvalue weighted by molar-refractivity contribution is 7.92. The molecule has 0 saturated heterocycles. The van der Waals surface area contributed by atoms with Crippen LogP contribution < -0.4 is 19.8 Å². The molecule has 9 nitrogen and oxygen atoms in total. The third kappa shape index (κ3) is 8.38. The number of sulfonamides is 1. The molecule has 0 aliphatic heterocycles. The van der Waals surface area contributed by atoms with E-state index in [-0.39, 0.29) is 18.6 Å². The standard InChI is InChI=1S/C22H28N4O5S/c1-16(2)24-22(28)15-31-20-10-8-18(9-11-20)13-23-25-21(27)14-26(32(4,29)30)19-7-5-6-17(3)12-19/h5-13,16H,14-15H2,1-4H3,(H,24,28)(H,25,27)/b23-13-. The summed E-state index contributed by atoms with van der Waals surface area (Å²) in [5.74, 6) is -0.265. The molecule has 0 aromatic heterocycles. The first-order valence-electron chi connectivity index (χ1n) is 9.93. The van der Waals surface area contributed by atoms with Gasteiger partial charge < -0.3 is 10.1 Å². The van der Waals surface area contributed by atoms with E-state index in [1.54, 1.807) is 42.5 Å². The Labute approximate surface area is 188 Å². The molecule has 0 saturated carbocycles. The van der Waals surface area contributed by atoms with Gasteiger partial charge in [-0.25, -0.2) is 13.8 Å². The predicted molar refractivity (Wildman–Crippen MR) is 124 cm³/mol. The summed E-state index contributed by atoms with van der Waals surface area (Å²) in [5, 5.41) is 6.61. The molecule has 0 spiro atoms. The fourth-order valence-electron chi connectivity index (χ4n) is 2.69. The Balaban J connectivity index is 1.91. The van der Waals surface area contributed by atoms with Crippen LogP contribution in [0, 0.1) is 6.92 Å². The monoisotopic (exact) mass is 460 g/mol. The van der Waals surface area contributed by atoms with E-state index in [0.29, 0.717) is 17.0 Å². The molecule has 0 heterocycles. The lowest BCUT2D eigenvalue weighted by Gasteiger charge is -2.21. The Hall–Kier alpha value is -3.40. The second-order valence-corrected chi connectivity index (χ2v) is 9.39. The molecule has 0 aliphatic carbocycles. The van der Waals surface area contributed by atoms with Gasteiger partial charge in [0.05, 0.1) is 18.2 Å². The molecule has 32 heavy (non-hydrogen) atoms. The molecule has 10 heteroatoms. The Bertz CT molecular complexity index is 1070. The van der Waals surface area contributed by atoms with Crippen molar-refractivity contribution in [2.45, 2.75) is 26.8 Å². The molecule has 0 fully saturated rings. The van der Waals surface area contributed by atoms with Gasteiger partial charge >= 0.3 is 0 Å². The van der Waals surface area contributed by atoms with Crippen molar-refractivity contribution in [2.24, 2.45) is 5.10 Å². The molecule has 0 bridgehead atoms. The van der Waals surface area contributed by atoms with Crippen LogP contribution in [0.1, 0.15) is 25.0 Å². The van der Waals surface area contributed by atoms with Crippen LogP contribution in [0.2, 0.25) is 0 Å². The number of rotatable bonds is 10. The van der Waals surface area contributed by atoms with E-state index in [0.717, 1.165) is 16.1 Å². The van der Waals surface area contributed by atoms with Crippen molar-refractivity contribution in [2.75, 3.05) is 23.7 Å². The van der Waals surface area contributed by atoms with Crippen LogP contribution >= 0.6 is 0 Å². The van der Waals surface area contributed by atoms with Crippen LogP contribution in [0.5, 0.6) is 5.75 Å². The van der Waals surface area contributed by atoms with Gasteiger partial charge in [0.25, 0.3) is 11.8 Å². The van der Waals surface area contributed by atoms with Crippen molar-refractivity contribution in [1.29, 1.82) is 0 Å². The summed E-state index contributed by atoms with van der Waals surface area (Å²) in [6, 6.07) is 13.7. The molecular formula is C22H28N4O5S. The van der Waals surface area contributed by atoms with Crippen LogP contribution in [-0.4, -0.2) is 51.9 Å². The first kappa shape index (κ1) is 24.9. The molecule has 2 rings (SSSR count). The number of nitrogens with one attached hydrogen (secondary N) is 2. The van der Waals surface area contributed by atoms with E-state index in [2.05, 4.69) is 15.8 Å². The van der Waals surface area contributed by atoms with Crippen molar-refractivity contribution in [3.05, 3.63) is 59.7 Å². The lowest BCUT2D eigenvalue weighted by Crippen LogP contribution is -2.39. The molecular weight excluding hydrogens is 432 g/mol. The minimum absolute atomic E-state index is 0.0428. The van der Waals surface area contributed by atoms with Crippen molar-refractivity contribution >= 4 is 33.7 Å². The number of anilines is 1. The minimum atomic E-state index is -3.65. The van der Waals surface area contributed by atoms with E-state index < -0.39 is 22.5 Å². The van der Waals surface area contributed by atoms with Gasteiger partial charge in [0, 0.05) is 6.04 Å². The third-order valence-electron chi connectivity index (χ3n) is 4.08. The van der Waals surface area contributed by atoms with Crippen molar-refractivity contribution in [1.82, 2.24) is 10.7 Å². The normalized spacial score (nSPS) is 11.4. The third-order valence-corrected chi connectivity index (χ3v) is 5.22. The van der Waals surface area contributed by atoms with E-state index in [1.165, 1.54) is 6.21 Å². The zero-order valence-corrected chi connectivity index (χ0v) is 19.3. The van der Waals surface area contributed by atoms with Crippen LogP contribution in [-0.2, 0) is 19.6 Å². The highest BCUT2D eigenvalue weighted by Gasteiger charge is 2.20. The van der Waals surface area contributed by atoms with Gasteiger partial charge in [-0.1, -0.05) is 12.1 Å². The number of hydrogen-bond acceptors (Lipinski definition) is 6. The van der Waals surface area contributed by atoms with Crippen LogP contribution in [0.4, 0.5) is 5.69 Å². The Morgan fingerprint density at radius 1 is 1.12 bits per heavy atom. The maximum absolute atomic E-state index is 12.2. The Morgan fingerprint density at radius 2 is 1.81 bits per heavy atom. The second kappa shape index (κ2) is 11.3. The summed E-state index contributed by atoms with van der Waals surface area (Å²) >= 11 is 0. The zero-order chi connectivity index (χ0) is 23.7. The van der Waals surface area contributed by atoms with Gasteiger partial charge in [-0.15, -0.1) is 0 Å². The van der Waals surface area contributed by atoms with Crippen LogP contribution in [0.3, 0.4) is 0 Å². The molecule has 0 radical (unpaired) electrons. The maximum atomic E-state index is 12.2. The number of nitrogens with zero attached hydrogens (tertiary/aromatic N) is 2. The highest BCUT2D eigenvalue weighted by atomic mass is 32.2. The van der Waals surface area contributed by atoms with Crippen molar-refractivity contribution in [3.63, 3.8) is 0 Å². The van der Waals surface area contributed by atoms with Gasteiger partial charge in [-0.3, -0.25) is 13.9 Å². The molecule has 2 amide bonds. The molecule has 0 unspecified atom stereocenters. The second-order valence-electron chi connectivity index (χ2n) is 7.48. The maximum Gasteiger partial charge on any atom is 0.260 e. The molecule has 0 aliphatic rings. The zero-order valence-electron chi connectivity index (χ0n) is 18.5. The van der Waals surface area contributed by atoms with Crippen LogP contribution in [0.25, 0.3) is 0 Å². The fourth-order valence-corrected chi connectivity index (χ4v) is 3.54. The number of hydrazone groups is 1. The minimum Gasteiger partial charge on any atom is -0.484 e. The summed E-state index contributed by atoms with van der Waals surface area (Å²) in [4.78, 5) is 23.8. The first-order chi connectivity index (χ1) is 15.0. The van der Waals surface area contributed by atoms with E-state index in [4.69, 9.17) is 4.74 Å². The van der Waals surface area contributed by atoms with Gasteiger partial charge in [-0.2, -0.15) is 5.10 Å². The number of carbonyl (C=O) groups excluding carboxylic acids is 2. The summed E-state index contributed by atoms with van der Waals surface area (Å²) in [6.45, 7) is 5.09. The number of amides is 2. The van der Waals surface area contributed by atoms with E-state index >= 15 is 0 Å². The summed E-state index contributed by atoms with van der Waals surface area (Å²) in [7, 11) is -3.65. The summed E-state index contributed by atoms with van der Waals surface area (Å²) < 4.78 is 30.7. The predicted octanol–water partition coefficient (Wildman–Crippen LogP) is 1.81. The first-order valence-corrected chi connectivity index (χ1v) is 11.8. The Morgan fingerprint density at radius 3 is 2.41 bits per heavy atom. The molecule has 2 N–H and O–H groups in total. The average molecular weight is 461 g/mol. The number of hydrogen-bond donors (Lipinski definition) is 2. The topological polar surface area (TPSA) is 117 Å². The smallest absolute Gasteiger partial charge is 0.260 e. The number of carbonyl (C=O) groups is 2. The highest BCUT2D eigenvalue weighted by Crippen LogP contribution is 2.18. The quantitative estimate of drug-likeness (QED) is 0.414. The summed E-state index contributed by atoms with van der Waals surface area (Å²) in [5.41, 5.74) is 4.30. The van der Waals surface area contributed by atoms with Crippen molar-refractivity contribution < 1.29 is 22.7 Å². The fraction of sp³-hybridized carbons (Fsp3) is 0.318. The average Bonchev–Trinajstić information content (AvgIpc) is 2.70. The van der Waals surface area contributed by atoms with Gasteiger partial charge in [0.2, 0.25) is 10.0 Å². The number of ether oxygens (including phenoxy) is 1. The number of benzene rings is 2. The molecule has 2 aromatic rings. The molecule has 172 valence electrons. The van der Waals surface area contributed by atoms with Gasteiger partial charge in [0.15, 0.2) is 6.61 Å². The van der Waals surface area contributed by atoms with Crippen LogP contribution in [0.15, 0.2) is 53.6 Å². The van der Waals surface area contributed by atoms with E-state index in [9.17, 15) is 18.0 Å². The van der Waals surface area contributed by atoms with Crippen molar-refractivity contribution in [3.8, 4) is 5.75 Å². The summed E-state index contributed by atoms with van der Waals surface area (Å²) in [6.07, 6.45) is 2.46. The van der Waals surface area contributed by atoms with Gasteiger partial charge in [0.1, 0.15) is 12.3 Å². The molecule has 0 atom stereocenters. The SMILES string of the molecule is Cc1cccc(N(CC(=O)N/N=C\c2ccc(OCC(=O)NC(C)C)cc2)S(C)(=O)=O)c1. The lowest BCUT2D eigenvalue weighted by atomic mass is 10.2. The number of aryl methyl sites for hydroxylation is 1. The van der Waals surface area contributed by atoms with Gasteiger partial charge in [-0.05, 0) is 68.3 Å². The largest absolute Gasteiger partial charge is 0.484 e.